The summed E-state index contributed by atoms with van der Waals surface area (Å²) < 4.78 is 47.3. The van der Waals surface area contributed by atoms with E-state index < -0.39 is 16.9 Å². The first-order valence-corrected chi connectivity index (χ1v) is 6.93. The number of allylic oxidation sites excluding steroid dienone is 2. The Kier molecular flexibility index (Phi) is 3.81. The topological polar surface area (TPSA) is 46.2 Å². The van der Waals surface area contributed by atoms with Crippen LogP contribution in [0.3, 0.4) is 0 Å². The Morgan fingerprint density at radius 1 is 1.35 bits per heavy atom. The normalized spacial score (nSPS) is 15.5. The Hall–Kier alpha value is -1.13. The van der Waals surface area contributed by atoms with E-state index in [0.29, 0.717) is 12.8 Å². The highest BCUT2D eigenvalue weighted by atomic mass is 32.2. The monoisotopic (exact) mass is 256 g/mol. The standard InChI is InChI=1S/C13H19NO2S/c1-3-4-5-6-11-14-17(15,16)13-9-7-12(2)8-10-13/h3-4,7-10,14H,5-6,11H2,1-2H3/b4-3-/i1D3. The number of rotatable bonds is 6. The van der Waals surface area contributed by atoms with Crippen molar-refractivity contribution in [3.8, 4) is 0 Å². The summed E-state index contributed by atoms with van der Waals surface area (Å²) in [6.07, 6.45) is 3.78. The quantitative estimate of drug-likeness (QED) is 0.628. The van der Waals surface area contributed by atoms with Gasteiger partial charge in [-0.1, -0.05) is 29.8 Å². The summed E-state index contributed by atoms with van der Waals surface area (Å²) in [5, 5.41) is 0. The Labute approximate surface area is 108 Å². The third-order valence-corrected chi connectivity index (χ3v) is 3.77. The zero-order valence-corrected chi connectivity index (χ0v) is 10.6. The summed E-state index contributed by atoms with van der Waals surface area (Å²) in [7, 11) is -3.48. The van der Waals surface area contributed by atoms with Crippen molar-refractivity contribution in [3.05, 3.63) is 42.0 Å². The summed E-state index contributed by atoms with van der Waals surface area (Å²) in [5.41, 5.74) is 0.999. The van der Waals surface area contributed by atoms with Crippen molar-refractivity contribution in [2.75, 3.05) is 6.54 Å². The number of aryl methyl sites for hydroxylation is 1. The van der Waals surface area contributed by atoms with E-state index in [1.165, 1.54) is 0 Å². The smallest absolute Gasteiger partial charge is 0.211 e. The molecule has 0 saturated carbocycles. The van der Waals surface area contributed by atoms with E-state index >= 15 is 0 Å². The van der Waals surface area contributed by atoms with Crippen molar-refractivity contribution in [3.63, 3.8) is 0 Å². The van der Waals surface area contributed by atoms with Gasteiger partial charge in [0.15, 0.2) is 0 Å². The highest BCUT2D eigenvalue weighted by molar-refractivity contribution is 7.89. The summed E-state index contributed by atoms with van der Waals surface area (Å²) in [4.78, 5) is 0.237. The molecule has 4 heteroatoms. The molecule has 1 aromatic carbocycles. The second kappa shape index (κ2) is 6.57. The Balaban J connectivity index is 2.41. The van der Waals surface area contributed by atoms with Crippen molar-refractivity contribution in [2.24, 2.45) is 0 Å². The van der Waals surface area contributed by atoms with E-state index in [0.717, 1.165) is 11.6 Å². The molecule has 0 radical (unpaired) electrons. The van der Waals surface area contributed by atoms with Crippen molar-refractivity contribution in [2.45, 2.75) is 31.5 Å². The van der Waals surface area contributed by atoms with Crippen LogP contribution in [0.4, 0.5) is 0 Å². The minimum Gasteiger partial charge on any atom is -0.211 e. The summed E-state index contributed by atoms with van der Waals surface area (Å²) in [5.74, 6) is 0. The van der Waals surface area contributed by atoms with Gasteiger partial charge in [-0.05, 0) is 38.8 Å². The molecule has 0 unspecified atom stereocenters. The molecule has 0 atom stereocenters. The molecule has 0 bridgehead atoms. The summed E-state index contributed by atoms with van der Waals surface area (Å²) in [6.45, 7) is 0.101. The lowest BCUT2D eigenvalue weighted by molar-refractivity contribution is 0.579. The molecule has 0 aliphatic rings. The fourth-order valence-corrected chi connectivity index (χ4v) is 2.38. The third kappa shape index (κ3) is 4.71. The second-order valence-electron chi connectivity index (χ2n) is 3.76. The van der Waals surface area contributed by atoms with Gasteiger partial charge in [0.1, 0.15) is 0 Å². The fraction of sp³-hybridized carbons (Fsp3) is 0.385. The SMILES string of the molecule is [2H]C([2H])([2H])/C=C\CCCNS(=O)(=O)c1ccc(C)cc1. The highest BCUT2D eigenvalue weighted by Crippen LogP contribution is 2.09. The first-order valence-electron chi connectivity index (χ1n) is 6.95. The van der Waals surface area contributed by atoms with Gasteiger partial charge in [-0.15, -0.1) is 0 Å². The molecule has 1 aromatic rings. The van der Waals surface area contributed by atoms with Gasteiger partial charge in [-0.3, -0.25) is 0 Å². The van der Waals surface area contributed by atoms with Crippen LogP contribution < -0.4 is 4.72 Å². The minimum absolute atomic E-state index is 0.237. The van der Waals surface area contributed by atoms with Crippen LogP contribution in [0.2, 0.25) is 0 Å². The van der Waals surface area contributed by atoms with E-state index in [9.17, 15) is 8.42 Å². The third-order valence-electron chi connectivity index (χ3n) is 2.29. The molecular weight excluding hydrogens is 234 g/mol. The van der Waals surface area contributed by atoms with Gasteiger partial charge in [-0.25, -0.2) is 13.1 Å². The van der Waals surface area contributed by atoms with E-state index in [1.54, 1.807) is 30.3 Å². The van der Waals surface area contributed by atoms with Crippen LogP contribution in [0.15, 0.2) is 41.3 Å². The van der Waals surface area contributed by atoms with Gasteiger partial charge in [0.05, 0.1) is 4.90 Å². The zero-order chi connectivity index (χ0) is 15.2. The molecule has 0 spiro atoms. The fourth-order valence-electron chi connectivity index (χ4n) is 1.31. The lowest BCUT2D eigenvalue weighted by Gasteiger charge is -2.06. The molecule has 0 aliphatic carbocycles. The van der Waals surface area contributed by atoms with E-state index in [1.807, 2.05) is 6.92 Å². The van der Waals surface area contributed by atoms with Crippen LogP contribution in [-0.4, -0.2) is 15.0 Å². The van der Waals surface area contributed by atoms with Crippen molar-refractivity contribution >= 4 is 10.0 Å². The van der Waals surface area contributed by atoms with E-state index in [2.05, 4.69) is 4.72 Å². The van der Waals surface area contributed by atoms with Gasteiger partial charge in [0.25, 0.3) is 0 Å². The predicted molar refractivity (Wildman–Crippen MR) is 70.4 cm³/mol. The van der Waals surface area contributed by atoms with Gasteiger partial charge >= 0.3 is 0 Å². The molecule has 0 aromatic heterocycles. The van der Waals surface area contributed by atoms with Crippen molar-refractivity contribution in [1.82, 2.24) is 4.72 Å². The van der Waals surface area contributed by atoms with Crippen molar-refractivity contribution in [1.29, 1.82) is 0 Å². The Bertz CT molecular complexity index is 548. The maximum atomic E-state index is 11.9. The molecule has 0 saturated heterocycles. The lowest BCUT2D eigenvalue weighted by Crippen LogP contribution is -2.24. The molecule has 94 valence electrons. The van der Waals surface area contributed by atoms with Crippen LogP contribution in [0, 0.1) is 6.92 Å². The molecule has 1 rings (SSSR count). The number of benzene rings is 1. The number of hydrogen-bond donors (Lipinski definition) is 1. The largest absolute Gasteiger partial charge is 0.240 e. The average molecular weight is 256 g/mol. The van der Waals surface area contributed by atoms with Crippen LogP contribution in [0.5, 0.6) is 0 Å². The highest BCUT2D eigenvalue weighted by Gasteiger charge is 2.11. The second-order valence-corrected chi connectivity index (χ2v) is 5.52. The first-order chi connectivity index (χ1) is 9.21. The van der Waals surface area contributed by atoms with Crippen LogP contribution in [-0.2, 0) is 10.0 Å². The van der Waals surface area contributed by atoms with Crippen LogP contribution in [0.25, 0.3) is 0 Å². The number of unbranched alkanes of at least 4 members (excludes halogenated alkanes) is 1. The maximum absolute atomic E-state index is 11.9. The maximum Gasteiger partial charge on any atom is 0.240 e. The van der Waals surface area contributed by atoms with E-state index in [-0.39, 0.29) is 11.4 Å². The lowest BCUT2D eigenvalue weighted by atomic mass is 10.2. The Morgan fingerprint density at radius 2 is 2.06 bits per heavy atom. The molecule has 0 fully saturated rings. The molecule has 1 N–H and O–H groups in total. The predicted octanol–water partition coefficient (Wildman–Crippen LogP) is 2.63. The molecule has 0 heterocycles. The van der Waals surface area contributed by atoms with E-state index in [4.69, 9.17) is 4.11 Å². The molecular formula is C13H19NO2S. The molecule has 3 nitrogen and oxygen atoms in total. The number of nitrogens with one attached hydrogen (secondary N) is 1. The Morgan fingerprint density at radius 3 is 2.71 bits per heavy atom. The molecule has 0 aliphatic heterocycles. The molecule has 17 heavy (non-hydrogen) atoms. The van der Waals surface area contributed by atoms with Gasteiger partial charge < -0.3 is 0 Å². The van der Waals surface area contributed by atoms with Gasteiger partial charge in [0.2, 0.25) is 10.0 Å². The number of hydrogen-bond acceptors (Lipinski definition) is 2. The van der Waals surface area contributed by atoms with Crippen molar-refractivity contribution < 1.29 is 12.5 Å². The number of sulfonamides is 1. The summed E-state index contributed by atoms with van der Waals surface area (Å²) >= 11 is 0. The zero-order valence-electron chi connectivity index (χ0n) is 12.8. The van der Waals surface area contributed by atoms with Gasteiger partial charge in [0, 0.05) is 10.7 Å². The van der Waals surface area contributed by atoms with Gasteiger partial charge in [-0.2, -0.15) is 0 Å². The minimum atomic E-state index is -3.48. The summed E-state index contributed by atoms with van der Waals surface area (Å²) in [6, 6.07) is 6.61. The average Bonchev–Trinajstić information content (AvgIpc) is 2.33. The van der Waals surface area contributed by atoms with Crippen LogP contribution >= 0.6 is 0 Å². The van der Waals surface area contributed by atoms with Crippen LogP contribution in [0.1, 0.15) is 29.4 Å². The molecule has 0 amide bonds. The first kappa shape index (κ1) is 9.85.